The molecule has 88 valence electrons. The van der Waals surface area contributed by atoms with Gasteiger partial charge in [0.15, 0.2) is 0 Å². The largest absolute Gasteiger partial charge is 0.396 e. The van der Waals surface area contributed by atoms with E-state index in [1.54, 1.807) is 27.7 Å². The molecule has 0 saturated carbocycles. The van der Waals surface area contributed by atoms with E-state index in [0.29, 0.717) is 6.42 Å². The summed E-state index contributed by atoms with van der Waals surface area (Å²) in [5, 5.41) is 34.1. The van der Waals surface area contributed by atoms with E-state index in [1.165, 1.54) is 0 Å². The molecule has 0 aromatic heterocycles. The van der Waals surface area contributed by atoms with Crippen molar-refractivity contribution >= 4 is 0 Å². The Labute approximate surface area is 86.2 Å². The molecule has 4 heteroatoms. The van der Waals surface area contributed by atoms with E-state index in [-0.39, 0.29) is 30.8 Å². The topological polar surface area (TPSA) is 80.9 Å². The van der Waals surface area contributed by atoms with E-state index in [9.17, 15) is 0 Å². The minimum atomic E-state index is -0.384. The predicted octanol–water partition coefficient (Wildman–Crippen LogP) is 0.134. The van der Waals surface area contributed by atoms with Crippen LogP contribution in [0.5, 0.6) is 0 Å². The van der Waals surface area contributed by atoms with Gasteiger partial charge in [-0.3, -0.25) is 0 Å². The lowest BCUT2D eigenvalue weighted by Gasteiger charge is -2.08. The van der Waals surface area contributed by atoms with Gasteiger partial charge in [-0.15, -0.1) is 0 Å². The van der Waals surface area contributed by atoms with Crippen molar-refractivity contribution in [1.82, 2.24) is 0 Å². The zero-order valence-corrected chi connectivity index (χ0v) is 9.51. The van der Waals surface area contributed by atoms with E-state index >= 15 is 0 Å². The summed E-state index contributed by atoms with van der Waals surface area (Å²) in [6, 6.07) is 0. The van der Waals surface area contributed by atoms with Gasteiger partial charge in [0.2, 0.25) is 0 Å². The van der Waals surface area contributed by atoms with Gasteiger partial charge >= 0.3 is 0 Å². The Morgan fingerprint density at radius 1 is 0.857 bits per heavy atom. The Hall–Kier alpha value is -0.160. The van der Waals surface area contributed by atoms with Crippen LogP contribution < -0.4 is 0 Å². The standard InChI is InChI=1S/2C5H12O2/c1-4(3-6)5(2)7;1-4(6)3-5(2)7/h2*4-7H,3H2,1-2H3. The van der Waals surface area contributed by atoms with Crippen LogP contribution in [0.2, 0.25) is 0 Å². The van der Waals surface area contributed by atoms with E-state index in [4.69, 9.17) is 20.4 Å². The number of aliphatic hydroxyl groups is 4. The summed E-state index contributed by atoms with van der Waals surface area (Å²) in [6.07, 6.45) is -0.662. The molecule has 4 nitrogen and oxygen atoms in total. The second-order valence-corrected chi connectivity index (χ2v) is 3.83. The van der Waals surface area contributed by atoms with Crippen LogP contribution in [0.3, 0.4) is 0 Å². The van der Waals surface area contributed by atoms with Crippen molar-refractivity contribution < 1.29 is 20.4 Å². The Balaban J connectivity index is 0. The van der Waals surface area contributed by atoms with Gasteiger partial charge in [0.25, 0.3) is 0 Å². The first kappa shape index (κ1) is 16.3. The molecule has 0 aliphatic carbocycles. The third kappa shape index (κ3) is 14.4. The minimum Gasteiger partial charge on any atom is -0.396 e. The number of aliphatic hydroxyl groups excluding tert-OH is 4. The Morgan fingerprint density at radius 3 is 1.21 bits per heavy atom. The summed E-state index contributed by atoms with van der Waals surface area (Å²) in [6.45, 7) is 6.85. The summed E-state index contributed by atoms with van der Waals surface area (Å²) in [5.74, 6) is 0.0139. The first-order valence-electron chi connectivity index (χ1n) is 4.96. The molecule has 4 unspecified atom stereocenters. The van der Waals surface area contributed by atoms with Crippen molar-refractivity contribution in [1.29, 1.82) is 0 Å². The highest BCUT2D eigenvalue weighted by Gasteiger charge is 2.04. The molecular formula is C10H24O4. The maximum Gasteiger partial charge on any atom is 0.0559 e. The quantitative estimate of drug-likeness (QED) is 0.529. The molecule has 0 aromatic carbocycles. The van der Waals surface area contributed by atoms with Crippen LogP contribution in [0.4, 0.5) is 0 Å². The fourth-order valence-electron chi connectivity index (χ4n) is 0.646. The van der Waals surface area contributed by atoms with Crippen LogP contribution in [0, 0.1) is 5.92 Å². The van der Waals surface area contributed by atoms with E-state index in [0.717, 1.165) is 0 Å². The van der Waals surface area contributed by atoms with Crippen molar-refractivity contribution in [3.05, 3.63) is 0 Å². The normalized spacial score (nSPS) is 18.9. The Kier molecular flexibility index (Phi) is 10.9. The van der Waals surface area contributed by atoms with Gasteiger partial charge in [0.05, 0.1) is 18.3 Å². The van der Waals surface area contributed by atoms with Crippen LogP contribution in [0.1, 0.15) is 34.1 Å². The summed E-state index contributed by atoms with van der Waals surface area (Å²) in [7, 11) is 0. The van der Waals surface area contributed by atoms with Gasteiger partial charge in [0, 0.05) is 12.5 Å². The number of hydrogen-bond acceptors (Lipinski definition) is 4. The van der Waals surface area contributed by atoms with Gasteiger partial charge in [-0.1, -0.05) is 6.92 Å². The first-order valence-corrected chi connectivity index (χ1v) is 4.96. The van der Waals surface area contributed by atoms with Crippen molar-refractivity contribution in [2.24, 2.45) is 5.92 Å². The maximum absolute atomic E-state index is 8.66. The minimum absolute atomic E-state index is 0.0139. The molecule has 0 spiro atoms. The van der Waals surface area contributed by atoms with Crippen LogP contribution in [-0.2, 0) is 0 Å². The summed E-state index contributed by atoms with van der Waals surface area (Å²) >= 11 is 0. The van der Waals surface area contributed by atoms with Gasteiger partial charge < -0.3 is 20.4 Å². The van der Waals surface area contributed by atoms with Crippen molar-refractivity contribution in [2.45, 2.75) is 52.4 Å². The third-order valence-corrected chi connectivity index (χ3v) is 1.79. The van der Waals surface area contributed by atoms with Crippen molar-refractivity contribution in [3.8, 4) is 0 Å². The van der Waals surface area contributed by atoms with Crippen molar-refractivity contribution in [3.63, 3.8) is 0 Å². The van der Waals surface area contributed by atoms with Crippen LogP contribution in [0.25, 0.3) is 0 Å². The molecule has 0 radical (unpaired) electrons. The highest BCUT2D eigenvalue weighted by atomic mass is 16.3. The molecule has 4 N–H and O–H groups in total. The lowest BCUT2D eigenvalue weighted by Crippen LogP contribution is -2.16. The van der Waals surface area contributed by atoms with E-state index in [1.807, 2.05) is 0 Å². The van der Waals surface area contributed by atoms with Crippen LogP contribution in [0.15, 0.2) is 0 Å². The Morgan fingerprint density at radius 2 is 1.21 bits per heavy atom. The third-order valence-electron chi connectivity index (χ3n) is 1.79. The van der Waals surface area contributed by atoms with E-state index < -0.39 is 0 Å². The zero-order chi connectivity index (χ0) is 11.7. The molecule has 0 aliphatic rings. The van der Waals surface area contributed by atoms with Crippen LogP contribution in [-0.4, -0.2) is 45.3 Å². The SMILES string of the molecule is CC(O)C(C)CO.CC(O)CC(C)O. The monoisotopic (exact) mass is 208 g/mol. The molecule has 0 saturated heterocycles. The second-order valence-electron chi connectivity index (χ2n) is 3.83. The van der Waals surface area contributed by atoms with Crippen molar-refractivity contribution in [2.75, 3.05) is 6.61 Å². The lowest BCUT2D eigenvalue weighted by molar-refractivity contribution is 0.0913. The molecule has 4 atom stereocenters. The van der Waals surface area contributed by atoms with E-state index in [2.05, 4.69) is 0 Å². The molecule has 0 aromatic rings. The smallest absolute Gasteiger partial charge is 0.0559 e. The molecular weight excluding hydrogens is 184 g/mol. The average Bonchev–Trinajstić information content (AvgIpc) is 2.01. The maximum atomic E-state index is 8.66. The summed E-state index contributed by atoms with van der Waals surface area (Å²) in [4.78, 5) is 0. The fraction of sp³-hybridized carbons (Fsp3) is 1.00. The van der Waals surface area contributed by atoms with Gasteiger partial charge in [-0.05, 0) is 27.2 Å². The first-order chi connectivity index (χ1) is 6.31. The molecule has 14 heavy (non-hydrogen) atoms. The van der Waals surface area contributed by atoms with Gasteiger partial charge in [0.1, 0.15) is 0 Å². The van der Waals surface area contributed by atoms with Gasteiger partial charge in [-0.2, -0.15) is 0 Å². The molecule has 0 rings (SSSR count). The second kappa shape index (κ2) is 9.40. The lowest BCUT2D eigenvalue weighted by atomic mass is 10.1. The summed E-state index contributed by atoms with van der Waals surface area (Å²) in [5.41, 5.74) is 0. The van der Waals surface area contributed by atoms with Gasteiger partial charge in [-0.25, -0.2) is 0 Å². The highest BCUT2D eigenvalue weighted by molar-refractivity contribution is 4.54. The highest BCUT2D eigenvalue weighted by Crippen LogP contribution is 1.97. The molecule has 0 bridgehead atoms. The molecule has 0 fully saturated rings. The fourth-order valence-corrected chi connectivity index (χ4v) is 0.646. The molecule has 0 heterocycles. The number of hydrogen-bond donors (Lipinski definition) is 4. The summed E-state index contributed by atoms with van der Waals surface area (Å²) < 4.78 is 0. The number of rotatable bonds is 4. The molecule has 0 aliphatic heterocycles. The molecule has 0 amide bonds. The zero-order valence-electron chi connectivity index (χ0n) is 9.51. The Bertz CT molecular complexity index is 107. The average molecular weight is 208 g/mol. The predicted molar refractivity (Wildman–Crippen MR) is 55.9 cm³/mol. The van der Waals surface area contributed by atoms with Crippen LogP contribution >= 0.6 is 0 Å².